The SMILES string of the molecule is COc1ccc(CNC(=O)C2CCCN(S(=O)(=O)c3ccc(OC)c(OC)c3)C2)cc1OC. The summed E-state index contributed by atoms with van der Waals surface area (Å²) in [6.45, 7) is 0.780. The van der Waals surface area contributed by atoms with Gasteiger partial charge < -0.3 is 24.3 Å². The van der Waals surface area contributed by atoms with Gasteiger partial charge in [-0.1, -0.05) is 6.07 Å². The molecule has 3 rings (SSSR count). The molecule has 0 saturated carbocycles. The minimum absolute atomic E-state index is 0.103. The van der Waals surface area contributed by atoms with E-state index >= 15 is 0 Å². The van der Waals surface area contributed by atoms with E-state index in [1.165, 1.54) is 30.7 Å². The molecule has 1 aliphatic heterocycles. The van der Waals surface area contributed by atoms with Gasteiger partial charge in [0.05, 0.1) is 39.3 Å². The minimum atomic E-state index is -3.78. The fourth-order valence-electron chi connectivity index (χ4n) is 3.82. The lowest BCUT2D eigenvalue weighted by Crippen LogP contribution is -2.45. The number of nitrogens with zero attached hydrogens (tertiary/aromatic N) is 1. The smallest absolute Gasteiger partial charge is 0.243 e. The van der Waals surface area contributed by atoms with Crippen LogP contribution in [0.1, 0.15) is 18.4 Å². The number of methoxy groups -OCH3 is 4. The van der Waals surface area contributed by atoms with Crippen LogP contribution in [0, 0.1) is 5.92 Å². The van der Waals surface area contributed by atoms with Gasteiger partial charge in [0.2, 0.25) is 15.9 Å². The lowest BCUT2D eigenvalue weighted by molar-refractivity contribution is -0.126. The van der Waals surface area contributed by atoms with Crippen LogP contribution in [0.2, 0.25) is 0 Å². The number of hydrogen-bond donors (Lipinski definition) is 1. The number of carbonyl (C=O) groups is 1. The second-order valence-corrected chi connectivity index (χ2v) is 9.56. The van der Waals surface area contributed by atoms with E-state index in [-0.39, 0.29) is 17.3 Å². The molecule has 0 radical (unpaired) electrons. The van der Waals surface area contributed by atoms with Crippen LogP contribution in [0.3, 0.4) is 0 Å². The van der Waals surface area contributed by atoms with E-state index in [0.717, 1.165) is 5.56 Å². The molecule has 9 nitrogen and oxygen atoms in total. The van der Waals surface area contributed by atoms with Gasteiger partial charge in [0.1, 0.15) is 0 Å². The predicted octanol–water partition coefficient (Wildman–Crippen LogP) is 2.44. The molecule has 1 N–H and O–H groups in total. The van der Waals surface area contributed by atoms with Crippen LogP contribution >= 0.6 is 0 Å². The molecule has 1 unspecified atom stereocenters. The number of hydrogen-bond acceptors (Lipinski definition) is 7. The van der Waals surface area contributed by atoms with Gasteiger partial charge in [0.15, 0.2) is 23.0 Å². The summed E-state index contributed by atoms with van der Waals surface area (Å²) in [4.78, 5) is 12.9. The van der Waals surface area contributed by atoms with Gasteiger partial charge in [-0.25, -0.2) is 8.42 Å². The molecule has 0 bridgehead atoms. The van der Waals surface area contributed by atoms with Crippen LogP contribution in [0.4, 0.5) is 0 Å². The molecule has 1 aliphatic rings. The Hall–Kier alpha value is -2.98. The molecule has 0 aromatic heterocycles. The number of amides is 1. The van der Waals surface area contributed by atoms with Gasteiger partial charge >= 0.3 is 0 Å². The maximum atomic E-state index is 13.2. The predicted molar refractivity (Wildman–Crippen MR) is 122 cm³/mol. The number of piperidine rings is 1. The number of carbonyl (C=O) groups excluding carboxylic acids is 1. The molecule has 1 atom stereocenters. The molecular weight excluding hydrogens is 448 g/mol. The van der Waals surface area contributed by atoms with Crippen molar-refractivity contribution in [2.45, 2.75) is 24.3 Å². The first-order valence-electron chi connectivity index (χ1n) is 10.5. The summed E-state index contributed by atoms with van der Waals surface area (Å²) in [7, 11) is 2.27. The van der Waals surface area contributed by atoms with Crippen molar-refractivity contribution < 1.29 is 32.2 Å². The molecule has 1 amide bonds. The van der Waals surface area contributed by atoms with Crippen LogP contribution in [-0.2, 0) is 21.4 Å². The highest BCUT2D eigenvalue weighted by molar-refractivity contribution is 7.89. The lowest BCUT2D eigenvalue weighted by Gasteiger charge is -2.31. The molecule has 10 heteroatoms. The number of sulfonamides is 1. The molecule has 2 aromatic carbocycles. The Morgan fingerprint density at radius 1 is 0.939 bits per heavy atom. The average Bonchev–Trinajstić information content (AvgIpc) is 2.86. The summed E-state index contributed by atoms with van der Waals surface area (Å²) in [5.74, 6) is 1.35. The maximum Gasteiger partial charge on any atom is 0.243 e. The molecular formula is C23H30N2O7S. The zero-order valence-electron chi connectivity index (χ0n) is 19.3. The third kappa shape index (κ3) is 5.51. The average molecular weight is 479 g/mol. The van der Waals surface area contributed by atoms with E-state index in [0.29, 0.717) is 48.9 Å². The van der Waals surface area contributed by atoms with Crippen molar-refractivity contribution in [2.75, 3.05) is 41.5 Å². The zero-order valence-corrected chi connectivity index (χ0v) is 20.1. The van der Waals surface area contributed by atoms with Crippen molar-refractivity contribution in [2.24, 2.45) is 5.92 Å². The van der Waals surface area contributed by atoms with E-state index in [4.69, 9.17) is 18.9 Å². The third-order valence-electron chi connectivity index (χ3n) is 5.66. The van der Waals surface area contributed by atoms with Gasteiger partial charge in [0.25, 0.3) is 0 Å². The molecule has 1 heterocycles. The molecule has 0 aliphatic carbocycles. The van der Waals surface area contributed by atoms with E-state index < -0.39 is 15.9 Å². The molecule has 1 fully saturated rings. The number of benzene rings is 2. The highest BCUT2D eigenvalue weighted by Crippen LogP contribution is 2.32. The monoisotopic (exact) mass is 478 g/mol. The van der Waals surface area contributed by atoms with Crippen molar-refractivity contribution >= 4 is 15.9 Å². The molecule has 33 heavy (non-hydrogen) atoms. The van der Waals surface area contributed by atoms with Crippen LogP contribution < -0.4 is 24.3 Å². The topological polar surface area (TPSA) is 103 Å². The van der Waals surface area contributed by atoms with E-state index in [1.54, 1.807) is 32.4 Å². The maximum absolute atomic E-state index is 13.2. The van der Waals surface area contributed by atoms with Crippen molar-refractivity contribution in [1.29, 1.82) is 0 Å². The Labute approximate surface area is 194 Å². The van der Waals surface area contributed by atoms with Gasteiger partial charge in [-0.15, -0.1) is 0 Å². The number of rotatable bonds is 9. The highest BCUT2D eigenvalue weighted by atomic mass is 32.2. The second kappa shape index (κ2) is 10.8. The summed E-state index contributed by atoms with van der Waals surface area (Å²) in [6.07, 6.45) is 1.22. The first-order chi connectivity index (χ1) is 15.8. The number of nitrogens with one attached hydrogen (secondary N) is 1. The fourth-order valence-corrected chi connectivity index (χ4v) is 5.36. The highest BCUT2D eigenvalue weighted by Gasteiger charge is 2.33. The third-order valence-corrected chi connectivity index (χ3v) is 7.52. The second-order valence-electron chi connectivity index (χ2n) is 7.63. The molecule has 2 aromatic rings. The van der Waals surface area contributed by atoms with Crippen molar-refractivity contribution in [1.82, 2.24) is 9.62 Å². The Balaban J connectivity index is 1.68. The summed E-state index contributed by atoms with van der Waals surface area (Å²) >= 11 is 0. The van der Waals surface area contributed by atoms with Crippen LogP contribution in [0.15, 0.2) is 41.3 Å². The van der Waals surface area contributed by atoms with Crippen molar-refractivity contribution in [3.63, 3.8) is 0 Å². The molecule has 1 saturated heterocycles. The first kappa shape index (κ1) is 24.7. The van der Waals surface area contributed by atoms with Crippen LogP contribution in [0.5, 0.6) is 23.0 Å². The van der Waals surface area contributed by atoms with E-state index in [9.17, 15) is 13.2 Å². The number of ether oxygens (including phenoxy) is 4. The van der Waals surface area contributed by atoms with Crippen LogP contribution in [0.25, 0.3) is 0 Å². The Morgan fingerprint density at radius 3 is 2.18 bits per heavy atom. The minimum Gasteiger partial charge on any atom is -0.493 e. The van der Waals surface area contributed by atoms with Gasteiger partial charge in [0, 0.05) is 25.7 Å². The lowest BCUT2D eigenvalue weighted by atomic mass is 9.98. The van der Waals surface area contributed by atoms with E-state index in [1.807, 2.05) is 6.07 Å². The van der Waals surface area contributed by atoms with E-state index in [2.05, 4.69) is 5.32 Å². The standard InChI is InChI=1S/C23H30N2O7S/c1-29-19-9-7-16(12-21(19)31-3)14-24-23(26)17-6-5-11-25(15-17)33(27,28)18-8-10-20(30-2)22(13-18)32-4/h7-10,12-13,17H,5-6,11,14-15H2,1-4H3,(H,24,26). The fraction of sp³-hybridized carbons (Fsp3) is 0.435. The van der Waals surface area contributed by atoms with Gasteiger partial charge in [-0.2, -0.15) is 4.31 Å². The first-order valence-corrected chi connectivity index (χ1v) is 12.0. The quantitative estimate of drug-likeness (QED) is 0.590. The Kier molecular flexibility index (Phi) is 8.04. The van der Waals surface area contributed by atoms with Gasteiger partial charge in [-0.3, -0.25) is 4.79 Å². The van der Waals surface area contributed by atoms with Crippen LogP contribution in [-0.4, -0.2) is 60.2 Å². The largest absolute Gasteiger partial charge is 0.493 e. The Bertz CT molecular complexity index is 1090. The summed E-state index contributed by atoms with van der Waals surface area (Å²) < 4.78 is 48.7. The summed E-state index contributed by atoms with van der Waals surface area (Å²) in [5, 5.41) is 2.91. The van der Waals surface area contributed by atoms with Crippen molar-refractivity contribution in [3.8, 4) is 23.0 Å². The summed E-state index contributed by atoms with van der Waals surface area (Å²) in [5.41, 5.74) is 0.853. The molecule has 0 spiro atoms. The molecule has 180 valence electrons. The Morgan fingerprint density at radius 2 is 1.55 bits per heavy atom. The van der Waals surface area contributed by atoms with Crippen molar-refractivity contribution in [3.05, 3.63) is 42.0 Å². The zero-order chi connectivity index (χ0) is 24.0. The van der Waals surface area contributed by atoms with Gasteiger partial charge in [-0.05, 0) is 42.7 Å². The normalized spacial score (nSPS) is 16.7. The summed E-state index contributed by atoms with van der Waals surface area (Å²) in [6, 6.07) is 9.90.